The van der Waals surface area contributed by atoms with Crippen LogP contribution in [-0.2, 0) is 4.79 Å². The zero-order chi connectivity index (χ0) is 20.8. The van der Waals surface area contributed by atoms with Crippen molar-refractivity contribution in [3.8, 4) is 11.3 Å². The molecule has 150 valence electrons. The average molecular weight is 426 g/mol. The molecule has 3 rings (SSSR count). The minimum absolute atomic E-state index is 0.0529. The van der Waals surface area contributed by atoms with Gasteiger partial charge in [-0.1, -0.05) is 42.0 Å². The zero-order valence-electron chi connectivity index (χ0n) is 16.6. The normalized spacial score (nSPS) is 10.8. The van der Waals surface area contributed by atoms with Gasteiger partial charge in [0, 0.05) is 21.9 Å². The number of anilines is 1. The predicted molar refractivity (Wildman–Crippen MR) is 121 cm³/mol. The second-order valence-electron chi connectivity index (χ2n) is 6.87. The number of amides is 2. The molecule has 0 aliphatic rings. The summed E-state index contributed by atoms with van der Waals surface area (Å²) in [5.74, 6) is -0.0258. The van der Waals surface area contributed by atoms with E-state index in [1.54, 1.807) is 6.07 Å². The Hall–Kier alpha value is -2.64. The Labute approximate surface area is 179 Å². The minimum Gasteiger partial charge on any atom is -0.353 e. The fourth-order valence-corrected chi connectivity index (χ4v) is 4.22. The Morgan fingerprint density at radius 3 is 2.55 bits per heavy atom. The molecule has 0 atom stereocenters. The molecule has 7 heteroatoms. The highest BCUT2D eigenvalue weighted by Gasteiger charge is 2.15. The lowest BCUT2D eigenvalue weighted by molar-refractivity contribution is -0.119. The first-order valence-electron chi connectivity index (χ1n) is 9.27. The first kappa shape index (κ1) is 21.1. The van der Waals surface area contributed by atoms with E-state index in [4.69, 9.17) is 0 Å². The number of aryl methyl sites for hydroxylation is 1. The van der Waals surface area contributed by atoms with Crippen molar-refractivity contribution in [2.45, 2.75) is 31.7 Å². The molecule has 0 radical (unpaired) electrons. The van der Waals surface area contributed by atoms with Crippen molar-refractivity contribution >= 4 is 40.0 Å². The molecule has 0 aliphatic heterocycles. The number of carbonyl (C=O) groups is 2. The summed E-state index contributed by atoms with van der Waals surface area (Å²) in [6.45, 7) is 5.88. The highest BCUT2D eigenvalue weighted by molar-refractivity contribution is 8.00. The summed E-state index contributed by atoms with van der Waals surface area (Å²) in [5.41, 5.74) is 3.56. The van der Waals surface area contributed by atoms with Crippen molar-refractivity contribution in [2.24, 2.45) is 0 Å². The van der Waals surface area contributed by atoms with E-state index in [9.17, 15) is 9.59 Å². The van der Waals surface area contributed by atoms with Crippen LogP contribution in [0.2, 0.25) is 0 Å². The summed E-state index contributed by atoms with van der Waals surface area (Å²) < 4.78 is 0. The van der Waals surface area contributed by atoms with E-state index < -0.39 is 0 Å². The van der Waals surface area contributed by atoms with Gasteiger partial charge in [-0.3, -0.25) is 14.9 Å². The summed E-state index contributed by atoms with van der Waals surface area (Å²) in [5, 5.41) is 8.20. The molecule has 0 fully saturated rings. The fourth-order valence-electron chi connectivity index (χ4n) is 2.64. The topological polar surface area (TPSA) is 71.1 Å². The number of carbonyl (C=O) groups excluding carboxylic acids is 2. The molecule has 0 aliphatic carbocycles. The van der Waals surface area contributed by atoms with Gasteiger partial charge in [0.25, 0.3) is 5.91 Å². The molecule has 1 heterocycles. The van der Waals surface area contributed by atoms with Gasteiger partial charge in [0.15, 0.2) is 5.13 Å². The molecule has 2 amide bonds. The van der Waals surface area contributed by atoms with Gasteiger partial charge in [-0.15, -0.1) is 23.1 Å². The van der Waals surface area contributed by atoms with E-state index >= 15 is 0 Å². The van der Waals surface area contributed by atoms with Crippen LogP contribution in [0.25, 0.3) is 11.3 Å². The Morgan fingerprint density at radius 1 is 1.10 bits per heavy atom. The summed E-state index contributed by atoms with van der Waals surface area (Å²) >= 11 is 2.74. The maximum absolute atomic E-state index is 12.8. The van der Waals surface area contributed by atoms with E-state index in [1.807, 2.05) is 68.6 Å². The van der Waals surface area contributed by atoms with Gasteiger partial charge in [-0.05, 0) is 32.9 Å². The molecule has 3 aromatic rings. The third-order valence-electron chi connectivity index (χ3n) is 4.01. The third-order valence-corrected chi connectivity index (χ3v) is 5.84. The van der Waals surface area contributed by atoms with Gasteiger partial charge in [0.2, 0.25) is 5.91 Å². The molecular formula is C22H23N3O2S2. The molecule has 1 aromatic heterocycles. The number of nitrogens with one attached hydrogen (secondary N) is 2. The lowest BCUT2D eigenvalue weighted by Gasteiger charge is -2.10. The number of hydrogen-bond donors (Lipinski definition) is 2. The molecule has 0 saturated carbocycles. The van der Waals surface area contributed by atoms with E-state index in [0.29, 0.717) is 10.7 Å². The Bertz CT molecular complexity index is 997. The van der Waals surface area contributed by atoms with Gasteiger partial charge >= 0.3 is 0 Å². The molecule has 5 nitrogen and oxygen atoms in total. The van der Waals surface area contributed by atoms with Crippen LogP contribution < -0.4 is 10.6 Å². The van der Waals surface area contributed by atoms with Crippen molar-refractivity contribution in [1.82, 2.24) is 10.3 Å². The predicted octanol–water partition coefficient (Wildman–Crippen LogP) is 4.99. The number of aromatic nitrogens is 1. The van der Waals surface area contributed by atoms with Crippen LogP contribution in [0.5, 0.6) is 0 Å². The largest absolute Gasteiger partial charge is 0.353 e. The SMILES string of the molecule is Cc1ccc(-c2csc(NC(=O)c3ccccc3SCC(=O)NC(C)C)n2)cc1. The lowest BCUT2D eigenvalue weighted by atomic mass is 10.1. The van der Waals surface area contributed by atoms with Gasteiger partial charge in [-0.2, -0.15) is 0 Å². The number of nitrogens with zero attached hydrogens (tertiary/aromatic N) is 1. The first-order valence-corrected chi connectivity index (χ1v) is 11.1. The monoisotopic (exact) mass is 425 g/mol. The second kappa shape index (κ2) is 9.71. The summed E-state index contributed by atoms with van der Waals surface area (Å²) in [6.07, 6.45) is 0. The molecule has 0 spiro atoms. The van der Waals surface area contributed by atoms with Crippen molar-refractivity contribution < 1.29 is 9.59 Å². The van der Waals surface area contributed by atoms with E-state index in [1.165, 1.54) is 28.7 Å². The van der Waals surface area contributed by atoms with Crippen LogP contribution in [0, 0.1) is 6.92 Å². The smallest absolute Gasteiger partial charge is 0.258 e. The van der Waals surface area contributed by atoms with E-state index in [0.717, 1.165) is 16.2 Å². The van der Waals surface area contributed by atoms with Crippen LogP contribution in [0.1, 0.15) is 29.8 Å². The Kier molecular flexibility index (Phi) is 7.06. The quantitative estimate of drug-likeness (QED) is 0.523. The zero-order valence-corrected chi connectivity index (χ0v) is 18.2. The number of thiazole rings is 1. The number of thioether (sulfide) groups is 1. The highest BCUT2D eigenvalue weighted by atomic mass is 32.2. The van der Waals surface area contributed by atoms with Crippen LogP contribution >= 0.6 is 23.1 Å². The molecule has 29 heavy (non-hydrogen) atoms. The van der Waals surface area contributed by atoms with Crippen LogP contribution in [0.3, 0.4) is 0 Å². The van der Waals surface area contributed by atoms with Gasteiger partial charge in [-0.25, -0.2) is 4.98 Å². The van der Waals surface area contributed by atoms with E-state index in [2.05, 4.69) is 15.6 Å². The van der Waals surface area contributed by atoms with Gasteiger partial charge in [0.05, 0.1) is 17.0 Å². The summed E-state index contributed by atoms with van der Waals surface area (Å²) in [7, 11) is 0. The van der Waals surface area contributed by atoms with Crippen molar-refractivity contribution in [1.29, 1.82) is 0 Å². The molecule has 2 N–H and O–H groups in total. The fraction of sp³-hybridized carbons (Fsp3) is 0.227. The van der Waals surface area contributed by atoms with Gasteiger partial charge in [0.1, 0.15) is 0 Å². The van der Waals surface area contributed by atoms with Crippen molar-refractivity contribution in [2.75, 3.05) is 11.1 Å². The van der Waals surface area contributed by atoms with Crippen molar-refractivity contribution in [3.05, 3.63) is 65.0 Å². The third kappa shape index (κ3) is 5.92. The average Bonchev–Trinajstić information content (AvgIpc) is 3.15. The van der Waals surface area contributed by atoms with Gasteiger partial charge < -0.3 is 5.32 Å². The molecular weight excluding hydrogens is 402 g/mol. The molecule has 2 aromatic carbocycles. The summed E-state index contributed by atoms with van der Waals surface area (Å²) in [4.78, 5) is 30.0. The van der Waals surface area contributed by atoms with Crippen LogP contribution in [0.15, 0.2) is 58.8 Å². The maximum atomic E-state index is 12.8. The Balaban J connectivity index is 1.68. The van der Waals surface area contributed by atoms with Crippen molar-refractivity contribution in [3.63, 3.8) is 0 Å². The number of hydrogen-bond acceptors (Lipinski definition) is 5. The lowest BCUT2D eigenvalue weighted by Crippen LogP contribution is -2.31. The Morgan fingerprint density at radius 2 is 1.83 bits per heavy atom. The summed E-state index contributed by atoms with van der Waals surface area (Å²) in [6, 6.07) is 15.5. The maximum Gasteiger partial charge on any atom is 0.258 e. The van der Waals surface area contributed by atoms with Crippen LogP contribution in [-0.4, -0.2) is 28.6 Å². The minimum atomic E-state index is -0.234. The number of benzene rings is 2. The standard InChI is InChI=1S/C22H23N3O2S2/c1-14(2)23-20(26)13-28-19-7-5-4-6-17(19)21(27)25-22-24-18(12-29-22)16-10-8-15(3)9-11-16/h4-12,14H,13H2,1-3H3,(H,23,26)(H,24,25,27). The van der Waals surface area contributed by atoms with E-state index in [-0.39, 0.29) is 23.6 Å². The number of rotatable bonds is 7. The second-order valence-corrected chi connectivity index (χ2v) is 8.74. The van der Waals surface area contributed by atoms with Crippen LogP contribution in [0.4, 0.5) is 5.13 Å². The first-order chi connectivity index (χ1) is 13.9. The molecule has 0 unspecified atom stereocenters. The molecule has 0 saturated heterocycles. The molecule has 0 bridgehead atoms. The highest BCUT2D eigenvalue weighted by Crippen LogP contribution is 2.27.